The molecule has 5 nitrogen and oxygen atoms in total. The number of hydrogen-bond acceptors (Lipinski definition) is 4. The second-order valence-electron chi connectivity index (χ2n) is 5.42. The number of anilines is 1. The van der Waals surface area contributed by atoms with Crippen LogP contribution >= 0.6 is 0 Å². The predicted octanol–water partition coefficient (Wildman–Crippen LogP) is 2.91. The van der Waals surface area contributed by atoms with Crippen molar-refractivity contribution < 1.29 is 18.7 Å². The number of ether oxygens (including phenoxy) is 2. The van der Waals surface area contributed by atoms with E-state index in [0.717, 1.165) is 11.3 Å². The van der Waals surface area contributed by atoms with Crippen molar-refractivity contribution in [1.29, 1.82) is 0 Å². The Kier molecular flexibility index (Phi) is 6.14. The minimum Gasteiger partial charge on any atom is -0.497 e. The molecule has 128 valence electrons. The van der Waals surface area contributed by atoms with Crippen molar-refractivity contribution in [3.05, 3.63) is 53.8 Å². The van der Waals surface area contributed by atoms with Crippen LogP contribution in [0.4, 0.5) is 10.1 Å². The Morgan fingerprint density at radius 2 is 1.83 bits per heavy atom. The Bertz CT molecular complexity index is 689. The maximum atomic E-state index is 13.7. The third-order valence-electron chi connectivity index (χ3n) is 3.46. The Balaban J connectivity index is 1.87. The maximum absolute atomic E-state index is 13.7. The van der Waals surface area contributed by atoms with Gasteiger partial charge >= 0.3 is 0 Å². The fraction of sp³-hybridized carbons (Fsp3) is 0.278. The summed E-state index contributed by atoms with van der Waals surface area (Å²) in [5.74, 6) is 0.382. The van der Waals surface area contributed by atoms with Gasteiger partial charge in [0.2, 0.25) is 5.91 Å². The summed E-state index contributed by atoms with van der Waals surface area (Å²) in [7, 11) is 4.81. The first kappa shape index (κ1) is 17.7. The molecule has 1 N–H and O–H groups in total. The van der Waals surface area contributed by atoms with Crippen molar-refractivity contribution in [1.82, 2.24) is 4.90 Å². The van der Waals surface area contributed by atoms with E-state index in [9.17, 15) is 9.18 Å². The molecule has 0 saturated heterocycles. The highest BCUT2D eigenvalue weighted by Crippen LogP contribution is 2.18. The predicted molar refractivity (Wildman–Crippen MR) is 90.9 cm³/mol. The first-order valence-electron chi connectivity index (χ1n) is 7.46. The summed E-state index contributed by atoms with van der Waals surface area (Å²) in [6, 6.07) is 11.9. The van der Waals surface area contributed by atoms with Crippen molar-refractivity contribution in [3.63, 3.8) is 0 Å². The minimum absolute atomic E-state index is 0.142. The van der Waals surface area contributed by atoms with Crippen LogP contribution in [0.25, 0.3) is 0 Å². The van der Waals surface area contributed by atoms with E-state index in [1.54, 1.807) is 55.5 Å². The second-order valence-corrected chi connectivity index (χ2v) is 5.42. The molecule has 2 aromatic rings. The lowest BCUT2D eigenvalue weighted by atomic mass is 10.2. The largest absolute Gasteiger partial charge is 0.497 e. The van der Waals surface area contributed by atoms with E-state index in [-0.39, 0.29) is 18.2 Å². The Labute approximate surface area is 141 Å². The van der Waals surface area contributed by atoms with Crippen LogP contribution in [-0.4, -0.2) is 38.6 Å². The van der Waals surface area contributed by atoms with E-state index in [1.165, 1.54) is 13.2 Å². The standard InChI is InChI=1S/C18H21FN2O3/c1-21(11-13-4-9-17(24-3)16(19)10-13)12-18(22)20-14-5-7-15(23-2)8-6-14/h4-10H,11-12H2,1-3H3,(H,20,22). The van der Waals surface area contributed by atoms with Crippen molar-refractivity contribution in [3.8, 4) is 11.5 Å². The summed E-state index contributed by atoms with van der Waals surface area (Å²) in [6.45, 7) is 0.649. The van der Waals surface area contributed by atoms with Crippen LogP contribution in [0.5, 0.6) is 11.5 Å². The summed E-state index contributed by atoms with van der Waals surface area (Å²) >= 11 is 0. The van der Waals surface area contributed by atoms with Crippen LogP contribution in [0.15, 0.2) is 42.5 Å². The number of hydrogen-bond donors (Lipinski definition) is 1. The highest BCUT2D eigenvalue weighted by atomic mass is 19.1. The summed E-state index contributed by atoms with van der Waals surface area (Å²) in [6.07, 6.45) is 0. The Morgan fingerprint density at radius 3 is 2.42 bits per heavy atom. The molecule has 2 rings (SSSR count). The molecule has 2 aromatic carbocycles. The average Bonchev–Trinajstić information content (AvgIpc) is 2.55. The molecule has 0 unspecified atom stereocenters. The number of carbonyl (C=O) groups is 1. The topological polar surface area (TPSA) is 50.8 Å². The summed E-state index contributed by atoms with van der Waals surface area (Å²) in [5.41, 5.74) is 1.47. The van der Waals surface area contributed by atoms with Gasteiger partial charge in [0.25, 0.3) is 0 Å². The van der Waals surface area contributed by atoms with Crippen LogP contribution in [0.2, 0.25) is 0 Å². The van der Waals surface area contributed by atoms with Gasteiger partial charge in [-0.05, 0) is 49.0 Å². The number of rotatable bonds is 7. The molecule has 0 aliphatic rings. The zero-order valence-corrected chi connectivity index (χ0v) is 14.0. The molecule has 0 atom stereocenters. The van der Waals surface area contributed by atoms with E-state index in [2.05, 4.69) is 5.32 Å². The molecule has 1 amide bonds. The maximum Gasteiger partial charge on any atom is 0.238 e. The lowest BCUT2D eigenvalue weighted by Gasteiger charge is -2.17. The number of benzene rings is 2. The lowest BCUT2D eigenvalue weighted by Crippen LogP contribution is -2.29. The average molecular weight is 332 g/mol. The summed E-state index contributed by atoms with van der Waals surface area (Å²) in [4.78, 5) is 13.9. The number of nitrogens with zero attached hydrogens (tertiary/aromatic N) is 1. The normalized spacial score (nSPS) is 10.5. The van der Waals surface area contributed by atoms with Gasteiger partial charge in [0.15, 0.2) is 11.6 Å². The minimum atomic E-state index is -0.411. The number of amides is 1. The van der Waals surface area contributed by atoms with E-state index >= 15 is 0 Å². The molecule has 0 heterocycles. The van der Waals surface area contributed by atoms with Gasteiger partial charge in [-0.25, -0.2) is 4.39 Å². The van der Waals surface area contributed by atoms with Crippen LogP contribution in [-0.2, 0) is 11.3 Å². The molecule has 6 heteroatoms. The van der Waals surface area contributed by atoms with Crippen molar-refractivity contribution >= 4 is 11.6 Å². The molecular formula is C18H21FN2O3. The van der Waals surface area contributed by atoms with Crippen LogP contribution in [0.3, 0.4) is 0 Å². The van der Waals surface area contributed by atoms with Gasteiger partial charge in [0, 0.05) is 12.2 Å². The van der Waals surface area contributed by atoms with Gasteiger partial charge in [0.1, 0.15) is 5.75 Å². The van der Waals surface area contributed by atoms with Crippen molar-refractivity contribution in [2.45, 2.75) is 6.54 Å². The van der Waals surface area contributed by atoms with Crippen LogP contribution in [0.1, 0.15) is 5.56 Å². The number of halogens is 1. The van der Waals surface area contributed by atoms with Crippen molar-refractivity contribution in [2.24, 2.45) is 0 Å². The first-order chi connectivity index (χ1) is 11.5. The molecule has 0 aromatic heterocycles. The highest BCUT2D eigenvalue weighted by molar-refractivity contribution is 5.92. The Morgan fingerprint density at radius 1 is 1.12 bits per heavy atom. The second kappa shape index (κ2) is 8.31. The van der Waals surface area contributed by atoms with Gasteiger partial charge in [-0.3, -0.25) is 9.69 Å². The molecule has 0 aliphatic heterocycles. The third-order valence-corrected chi connectivity index (χ3v) is 3.46. The number of carbonyl (C=O) groups excluding carboxylic acids is 1. The fourth-order valence-corrected chi connectivity index (χ4v) is 2.30. The first-order valence-corrected chi connectivity index (χ1v) is 7.46. The third kappa shape index (κ3) is 4.96. The van der Waals surface area contributed by atoms with Crippen LogP contribution in [0, 0.1) is 5.82 Å². The lowest BCUT2D eigenvalue weighted by molar-refractivity contribution is -0.117. The molecule has 0 radical (unpaired) electrons. The summed E-state index contributed by atoms with van der Waals surface area (Å²) < 4.78 is 23.6. The van der Waals surface area contributed by atoms with Gasteiger partial charge in [-0.15, -0.1) is 0 Å². The zero-order chi connectivity index (χ0) is 17.5. The number of nitrogens with one attached hydrogen (secondary N) is 1. The molecule has 24 heavy (non-hydrogen) atoms. The van der Waals surface area contributed by atoms with E-state index in [1.807, 2.05) is 0 Å². The SMILES string of the molecule is COc1ccc(NC(=O)CN(C)Cc2ccc(OC)c(F)c2)cc1. The van der Waals surface area contributed by atoms with Gasteiger partial charge < -0.3 is 14.8 Å². The smallest absolute Gasteiger partial charge is 0.238 e. The molecular weight excluding hydrogens is 311 g/mol. The van der Waals surface area contributed by atoms with Gasteiger partial charge in [0.05, 0.1) is 20.8 Å². The molecule has 0 aliphatic carbocycles. The van der Waals surface area contributed by atoms with Crippen LogP contribution < -0.4 is 14.8 Å². The molecule has 0 saturated carbocycles. The fourth-order valence-electron chi connectivity index (χ4n) is 2.30. The highest BCUT2D eigenvalue weighted by Gasteiger charge is 2.10. The molecule has 0 spiro atoms. The van der Waals surface area contributed by atoms with E-state index in [0.29, 0.717) is 12.2 Å². The number of likely N-dealkylation sites (N-methyl/N-ethyl adjacent to an activating group) is 1. The Hall–Kier alpha value is -2.60. The molecule has 0 fully saturated rings. The zero-order valence-electron chi connectivity index (χ0n) is 14.0. The van der Waals surface area contributed by atoms with Crippen molar-refractivity contribution in [2.75, 3.05) is 33.1 Å². The number of methoxy groups -OCH3 is 2. The van der Waals surface area contributed by atoms with Gasteiger partial charge in [-0.1, -0.05) is 6.07 Å². The van der Waals surface area contributed by atoms with E-state index < -0.39 is 5.82 Å². The van der Waals surface area contributed by atoms with Gasteiger partial charge in [-0.2, -0.15) is 0 Å². The van der Waals surface area contributed by atoms with E-state index in [4.69, 9.17) is 9.47 Å². The summed E-state index contributed by atoms with van der Waals surface area (Å²) in [5, 5.41) is 2.81. The molecule has 0 bridgehead atoms. The monoisotopic (exact) mass is 332 g/mol. The quantitative estimate of drug-likeness (QED) is 0.847.